The van der Waals surface area contributed by atoms with Gasteiger partial charge in [0.2, 0.25) is 11.7 Å². The van der Waals surface area contributed by atoms with Gasteiger partial charge in [-0.1, -0.05) is 41.6 Å². The lowest BCUT2D eigenvalue weighted by Crippen LogP contribution is -2.23. The first kappa shape index (κ1) is 23.9. The fourth-order valence-corrected chi connectivity index (χ4v) is 6.07. The first-order chi connectivity index (χ1) is 17.3. The van der Waals surface area contributed by atoms with Crippen LogP contribution in [0.3, 0.4) is 0 Å². The third kappa shape index (κ3) is 4.08. The van der Waals surface area contributed by atoms with E-state index in [9.17, 15) is 14.9 Å². The third-order valence-electron chi connectivity index (χ3n) is 6.06. The van der Waals surface area contributed by atoms with Crippen molar-refractivity contribution in [2.45, 2.75) is 32.9 Å². The van der Waals surface area contributed by atoms with Crippen LogP contribution in [0.5, 0.6) is 0 Å². The largest absolute Gasteiger partial charge is 0.443 e. The zero-order valence-electron chi connectivity index (χ0n) is 20.1. The molecule has 0 bridgehead atoms. The van der Waals surface area contributed by atoms with Crippen molar-refractivity contribution in [1.82, 2.24) is 9.55 Å². The molecule has 0 aliphatic heterocycles. The number of aromatic nitrogens is 2. The van der Waals surface area contributed by atoms with Crippen molar-refractivity contribution in [3.63, 3.8) is 0 Å². The van der Waals surface area contributed by atoms with E-state index in [0.29, 0.717) is 32.0 Å². The molecule has 0 fully saturated rings. The smallest absolute Gasteiger partial charge is 0.267 e. The number of nitrogens with one attached hydrogen (secondary N) is 1. The number of benzene rings is 2. The molecular weight excluding hydrogens is 492 g/mol. The minimum Gasteiger partial charge on any atom is -0.443 e. The van der Waals surface area contributed by atoms with Crippen LogP contribution >= 0.6 is 23.1 Å². The average molecular weight is 515 g/mol. The zero-order valence-corrected chi connectivity index (χ0v) is 21.8. The molecule has 1 amide bonds. The fraction of sp³-hybridized carbons (Fsp3) is 0.185. The maximum absolute atomic E-state index is 13.7. The molecule has 2 aromatic carbocycles. The van der Waals surface area contributed by atoms with Crippen LogP contribution in [0.2, 0.25) is 0 Å². The molecule has 9 heteroatoms. The molecule has 0 saturated carbocycles. The molecule has 3 aromatic heterocycles. The summed E-state index contributed by atoms with van der Waals surface area (Å²) in [6.07, 6.45) is 0. The number of carbonyl (C=O) groups is 1. The number of carbonyl (C=O) groups excluding carboxylic acids is 1. The highest BCUT2D eigenvalue weighted by Gasteiger charge is 2.21. The lowest BCUT2D eigenvalue weighted by atomic mass is 10.1. The number of anilines is 1. The fourth-order valence-electron chi connectivity index (χ4n) is 4.19. The van der Waals surface area contributed by atoms with E-state index in [1.54, 1.807) is 22.8 Å². The summed E-state index contributed by atoms with van der Waals surface area (Å²) in [6.45, 7) is 7.87. The number of para-hydroxylation sites is 1. The summed E-state index contributed by atoms with van der Waals surface area (Å²) in [4.78, 5) is 33.2. The number of nitriles is 1. The summed E-state index contributed by atoms with van der Waals surface area (Å²) in [6, 6.07) is 15.0. The standard InChI is InChI=1S/C27H22N4O3S2/c1-14-9-10-19(15(2)11-14)31-26(33)23-16(3)17(4)36-25(23)30-27(31)35-13-22(32)29-24-18-7-5-6-8-20(18)34-21(24)12-28/h5-11H,13H2,1-4H3,(H,29,32). The molecule has 7 nitrogen and oxygen atoms in total. The normalized spacial score (nSPS) is 11.2. The van der Waals surface area contributed by atoms with E-state index in [4.69, 9.17) is 9.40 Å². The van der Waals surface area contributed by atoms with Gasteiger partial charge in [-0.15, -0.1) is 11.3 Å². The quantitative estimate of drug-likeness (QED) is 0.227. The van der Waals surface area contributed by atoms with Crippen LogP contribution < -0.4 is 10.9 Å². The molecule has 0 spiro atoms. The van der Waals surface area contributed by atoms with Gasteiger partial charge < -0.3 is 9.73 Å². The molecule has 5 rings (SSSR count). The van der Waals surface area contributed by atoms with Crippen molar-refractivity contribution in [2.24, 2.45) is 0 Å². The minimum absolute atomic E-state index is 0.00340. The first-order valence-corrected chi connectivity index (χ1v) is 13.0. The van der Waals surface area contributed by atoms with E-state index in [0.717, 1.165) is 27.3 Å². The van der Waals surface area contributed by atoms with Crippen LogP contribution in [0.4, 0.5) is 5.69 Å². The minimum atomic E-state index is -0.330. The molecular formula is C27H22N4O3S2. The number of aryl methyl sites for hydroxylation is 4. The Bertz CT molecular complexity index is 1770. The molecule has 3 heterocycles. The summed E-state index contributed by atoms with van der Waals surface area (Å²) >= 11 is 2.66. The van der Waals surface area contributed by atoms with Crippen molar-refractivity contribution < 1.29 is 9.21 Å². The number of thioether (sulfide) groups is 1. The van der Waals surface area contributed by atoms with E-state index >= 15 is 0 Å². The average Bonchev–Trinajstić information content (AvgIpc) is 3.35. The highest BCUT2D eigenvalue weighted by atomic mass is 32.2. The molecule has 5 aromatic rings. The van der Waals surface area contributed by atoms with Gasteiger partial charge in [-0.3, -0.25) is 14.2 Å². The van der Waals surface area contributed by atoms with E-state index in [-0.39, 0.29) is 23.0 Å². The van der Waals surface area contributed by atoms with Gasteiger partial charge in [0.15, 0.2) is 5.16 Å². The van der Waals surface area contributed by atoms with Crippen molar-refractivity contribution >= 4 is 55.9 Å². The van der Waals surface area contributed by atoms with Gasteiger partial charge in [0.05, 0.1) is 16.8 Å². The predicted octanol–water partition coefficient (Wildman–Crippen LogP) is 6.03. The predicted molar refractivity (Wildman–Crippen MR) is 144 cm³/mol. The number of hydrogen-bond acceptors (Lipinski definition) is 7. The Morgan fingerprint density at radius 1 is 1.19 bits per heavy atom. The summed E-state index contributed by atoms with van der Waals surface area (Å²) in [7, 11) is 0. The Hall–Kier alpha value is -3.87. The van der Waals surface area contributed by atoms with Crippen LogP contribution in [-0.4, -0.2) is 21.2 Å². The topological polar surface area (TPSA) is 101 Å². The third-order valence-corrected chi connectivity index (χ3v) is 8.10. The van der Waals surface area contributed by atoms with Crippen molar-refractivity contribution in [2.75, 3.05) is 11.1 Å². The number of furan rings is 1. The number of nitrogens with zero attached hydrogens (tertiary/aromatic N) is 3. The van der Waals surface area contributed by atoms with Crippen LogP contribution in [0, 0.1) is 39.0 Å². The molecule has 36 heavy (non-hydrogen) atoms. The maximum atomic E-state index is 13.7. The molecule has 0 saturated heterocycles. The number of thiophene rings is 1. The molecule has 180 valence electrons. The van der Waals surface area contributed by atoms with E-state index in [1.807, 2.05) is 58.0 Å². The van der Waals surface area contributed by atoms with Gasteiger partial charge in [-0.05, 0) is 57.0 Å². The molecule has 0 aliphatic carbocycles. The van der Waals surface area contributed by atoms with Gasteiger partial charge in [0.1, 0.15) is 22.2 Å². The molecule has 0 aliphatic rings. The second-order valence-corrected chi connectivity index (χ2v) is 10.7. The molecule has 1 N–H and O–H groups in total. The summed E-state index contributed by atoms with van der Waals surface area (Å²) in [5, 5.41) is 14.0. The lowest BCUT2D eigenvalue weighted by Gasteiger charge is -2.15. The van der Waals surface area contributed by atoms with Crippen molar-refractivity contribution in [1.29, 1.82) is 5.26 Å². The summed E-state index contributed by atoms with van der Waals surface area (Å²) in [5.74, 6) is -0.287. The van der Waals surface area contributed by atoms with Gasteiger partial charge in [0, 0.05) is 10.3 Å². The Labute approximate surface area is 215 Å². The molecule has 0 atom stereocenters. The highest BCUT2D eigenvalue weighted by molar-refractivity contribution is 7.99. The van der Waals surface area contributed by atoms with Gasteiger partial charge in [-0.2, -0.15) is 5.26 Å². The number of rotatable bonds is 5. The van der Waals surface area contributed by atoms with E-state index in [2.05, 4.69) is 5.32 Å². The van der Waals surface area contributed by atoms with E-state index < -0.39 is 0 Å². The number of amides is 1. The number of fused-ring (bicyclic) bond motifs is 2. The van der Waals surface area contributed by atoms with Crippen LogP contribution in [0.1, 0.15) is 27.3 Å². The Kier molecular flexibility index (Phi) is 6.16. The Balaban J connectivity index is 1.53. The van der Waals surface area contributed by atoms with Gasteiger partial charge >= 0.3 is 0 Å². The maximum Gasteiger partial charge on any atom is 0.267 e. The lowest BCUT2D eigenvalue weighted by molar-refractivity contribution is -0.113. The SMILES string of the molecule is Cc1ccc(-n2c(SCC(=O)Nc3c(C#N)oc4ccccc34)nc3sc(C)c(C)c3c2=O)c(C)c1. The van der Waals surface area contributed by atoms with Crippen LogP contribution in [0.15, 0.2) is 56.8 Å². The Morgan fingerprint density at radius 3 is 2.72 bits per heavy atom. The highest BCUT2D eigenvalue weighted by Crippen LogP contribution is 2.32. The molecule has 0 radical (unpaired) electrons. The van der Waals surface area contributed by atoms with Crippen molar-refractivity contribution in [3.05, 3.63) is 80.1 Å². The van der Waals surface area contributed by atoms with E-state index in [1.165, 1.54) is 23.1 Å². The van der Waals surface area contributed by atoms with Gasteiger partial charge in [-0.25, -0.2) is 4.98 Å². The molecule has 0 unspecified atom stereocenters. The zero-order chi connectivity index (χ0) is 25.6. The van der Waals surface area contributed by atoms with Gasteiger partial charge in [0.25, 0.3) is 5.56 Å². The van der Waals surface area contributed by atoms with Crippen molar-refractivity contribution in [3.8, 4) is 11.8 Å². The second kappa shape index (κ2) is 9.30. The number of hydrogen-bond donors (Lipinski definition) is 1. The van der Waals surface area contributed by atoms with Crippen LogP contribution in [0.25, 0.3) is 26.9 Å². The Morgan fingerprint density at radius 2 is 1.97 bits per heavy atom. The summed E-state index contributed by atoms with van der Waals surface area (Å²) < 4.78 is 7.15. The monoisotopic (exact) mass is 514 g/mol. The second-order valence-electron chi connectivity index (χ2n) is 8.54. The van der Waals surface area contributed by atoms with Crippen LogP contribution in [-0.2, 0) is 4.79 Å². The first-order valence-electron chi connectivity index (χ1n) is 11.2. The summed E-state index contributed by atoms with van der Waals surface area (Å²) in [5.41, 5.74) is 4.42.